The lowest BCUT2D eigenvalue weighted by Gasteiger charge is -2.45. The Morgan fingerprint density at radius 3 is 2.00 bits per heavy atom. The van der Waals surface area contributed by atoms with Crippen molar-refractivity contribution in [2.24, 2.45) is 23.3 Å². The first-order chi connectivity index (χ1) is 17.0. The number of nitrogens with two attached hydrogens (primary N) is 2. The minimum absolute atomic E-state index is 0.260. The van der Waals surface area contributed by atoms with Gasteiger partial charge in [-0.1, -0.05) is 27.7 Å². The first-order valence-corrected chi connectivity index (χ1v) is 11.7. The number of hydrogen-bond donors (Lipinski definition) is 7. The zero-order valence-corrected chi connectivity index (χ0v) is 21.5. The minimum atomic E-state index is -2.87. The molecule has 1 rings (SSSR count). The van der Waals surface area contributed by atoms with Crippen molar-refractivity contribution in [3.63, 3.8) is 0 Å². The van der Waals surface area contributed by atoms with Crippen LogP contribution in [0.4, 0.5) is 0 Å². The van der Waals surface area contributed by atoms with Crippen molar-refractivity contribution in [1.82, 2.24) is 5.32 Å². The van der Waals surface area contributed by atoms with Gasteiger partial charge in [-0.2, -0.15) is 0 Å². The van der Waals surface area contributed by atoms with E-state index in [1.807, 2.05) is 0 Å². The molecule has 1 saturated heterocycles. The Bertz CT molecular complexity index is 810. The summed E-state index contributed by atoms with van der Waals surface area (Å²) in [6.45, 7) is 6.10. The number of amides is 1. The Balaban J connectivity index is 2.96. The third-order valence-corrected chi connectivity index (χ3v) is 5.77. The lowest BCUT2D eigenvalue weighted by atomic mass is 9.88. The van der Waals surface area contributed by atoms with E-state index in [4.69, 9.17) is 30.4 Å². The molecule has 1 aliphatic rings. The molecule has 0 aliphatic carbocycles. The van der Waals surface area contributed by atoms with Crippen LogP contribution in [0.2, 0.25) is 0 Å². The van der Waals surface area contributed by atoms with Gasteiger partial charge in [0.25, 0.3) is 5.79 Å². The van der Waals surface area contributed by atoms with Gasteiger partial charge < -0.3 is 56.2 Å². The van der Waals surface area contributed by atoms with Crippen molar-refractivity contribution in [3.05, 3.63) is 0 Å². The second-order valence-corrected chi connectivity index (χ2v) is 9.61. The molecule has 0 aromatic rings. The predicted molar refractivity (Wildman–Crippen MR) is 124 cm³/mol. The molecule has 1 aliphatic heterocycles. The maximum atomic E-state index is 12.5. The first-order valence-electron chi connectivity index (χ1n) is 11.7. The average Bonchev–Trinajstić information content (AvgIpc) is 2.81. The molecule has 0 bridgehead atoms. The molecule has 1 amide bonds. The maximum absolute atomic E-state index is 12.5. The Hall–Kier alpha value is -2.40. The zero-order chi connectivity index (χ0) is 28.7. The summed E-state index contributed by atoms with van der Waals surface area (Å²) in [5.41, 5.74) is 11.3. The molecule has 8 atom stereocenters. The predicted octanol–water partition coefficient (Wildman–Crippen LogP) is -3.39. The van der Waals surface area contributed by atoms with Gasteiger partial charge >= 0.3 is 17.9 Å². The van der Waals surface area contributed by atoms with E-state index < -0.39 is 92.0 Å². The normalized spacial score (nSPS) is 27.1. The number of esters is 3. The lowest BCUT2D eigenvalue weighted by molar-refractivity contribution is -0.299. The highest BCUT2D eigenvalue weighted by Crippen LogP contribution is 2.31. The van der Waals surface area contributed by atoms with Crippen molar-refractivity contribution < 1.29 is 58.6 Å². The number of rotatable bonds is 12. The van der Waals surface area contributed by atoms with E-state index in [9.17, 15) is 39.6 Å². The van der Waals surface area contributed by atoms with Gasteiger partial charge in [-0.25, -0.2) is 4.79 Å². The summed E-state index contributed by atoms with van der Waals surface area (Å²) in [7, 11) is 0. The van der Waals surface area contributed by atoms with Crippen LogP contribution in [0.25, 0.3) is 0 Å². The lowest BCUT2D eigenvalue weighted by Crippen LogP contribution is -2.67. The van der Waals surface area contributed by atoms with Crippen molar-refractivity contribution in [1.29, 1.82) is 0 Å². The summed E-state index contributed by atoms with van der Waals surface area (Å²) in [6.07, 6.45) is -8.09. The second-order valence-electron chi connectivity index (χ2n) is 9.61. The molecular weight excluding hydrogens is 498 g/mol. The monoisotopic (exact) mass is 537 g/mol. The number of hydrogen-bond acceptors (Lipinski definition) is 14. The molecule has 1 heterocycles. The first kappa shape index (κ1) is 32.6. The molecule has 0 aromatic carbocycles. The Morgan fingerprint density at radius 1 is 1.00 bits per heavy atom. The Morgan fingerprint density at radius 2 is 1.51 bits per heavy atom. The molecule has 0 saturated carbocycles. The second kappa shape index (κ2) is 13.9. The summed E-state index contributed by atoms with van der Waals surface area (Å²) < 4.78 is 19.7. The van der Waals surface area contributed by atoms with Crippen LogP contribution in [0.3, 0.4) is 0 Å². The van der Waals surface area contributed by atoms with E-state index >= 15 is 0 Å². The number of ether oxygens (including phenoxy) is 4. The molecular formula is C22H39N3O12. The van der Waals surface area contributed by atoms with Gasteiger partial charge in [-0.3, -0.25) is 14.4 Å². The molecule has 0 aromatic heterocycles. The Kier molecular flexibility index (Phi) is 12.3. The van der Waals surface area contributed by atoms with Gasteiger partial charge in [0.05, 0.1) is 12.1 Å². The van der Waals surface area contributed by atoms with Gasteiger partial charge in [-0.05, 0) is 11.8 Å². The van der Waals surface area contributed by atoms with E-state index in [1.54, 1.807) is 27.7 Å². The number of carbonyl (C=O) groups is 4. The van der Waals surface area contributed by atoms with Crippen molar-refractivity contribution in [3.8, 4) is 0 Å². The molecule has 15 heteroatoms. The van der Waals surface area contributed by atoms with Gasteiger partial charge in [0.1, 0.15) is 37.0 Å². The molecule has 214 valence electrons. The van der Waals surface area contributed by atoms with Gasteiger partial charge in [0.15, 0.2) is 0 Å². The van der Waals surface area contributed by atoms with Crippen LogP contribution < -0.4 is 16.8 Å². The summed E-state index contributed by atoms with van der Waals surface area (Å²) in [4.78, 5) is 47.9. The fourth-order valence-corrected chi connectivity index (χ4v) is 3.28. The van der Waals surface area contributed by atoms with E-state index in [0.29, 0.717) is 0 Å². The van der Waals surface area contributed by atoms with Crippen LogP contribution in [-0.4, -0.2) is 106 Å². The van der Waals surface area contributed by atoms with Crippen LogP contribution in [0.15, 0.2) is 0 Å². The molecule has 1 fully saturated rings. The topological polar surface area (TPSA) is 250 Å². The fraction of sp³-hybridized carbons (Fsp3) is 0.818. The van der Waals surface area contributed by atoms with E-state index in [2.05, 4.69) is 5.32 Å². The van der Waals surface area contributed by atoms with Crippen LogP contribution in [-0.2, 0) is 38.1 Å². The molecule has 15 nitrogen and oxygen atoms in total. The minimum Gasteiger partial charge on any atom is -0.462 e. The molecule has 8 unspecified atom stereocenters. The van der Waals surface area contributed by atoms with Gasteiger partial charge in [0.2, 0.25) is 12.7 Å². The van der Waals surface area contributed by atoms with Crippen LogP contribution >= 0.6 is 0 Å². The number of carbonyl (C=O) groups excluding carboxylic acids is 4. The average molecular weight is 538 g/mol. The number of aliphatic hydroxyl groups excluding tert-OH is 3. The maximum Gasteiger partial charge on any atom is 0.369 e. The van der Waals surface area contributed by atoms with Gasteiger partial charge in [-0.15, -0.1) is 0 Å². The number of nitrogens with one attached hydrogen (secondary N) is 1. The van der Waals surface area contributed by atoms with Gasteiger partial charge in [0, 0.05) is 13.3 Å². The summed E-state index contributed by atoms with van der Waals surface area (Å²) in [6, 6.07) is -3.38. The van der Waals surface area contributed by atoms with Crippen molar-refractivity contribution >= 4 is 23.8 Å². The summed E-state index contributed by atoms with van der Waals surface area (Å²) in [5, 5.41) is 44.7. The zero-order valence-electron chi connectivity index (χ0n) is 21.5. The molecule has 37 heavy (non-hydrogen) atoms. The highest BCUT2D eigenvalue weighted by atomic mass is 16.7. The third-order valence-electron chi connectivity index (χ3n) is 5.77. The molecule has 9 N–H and O–H groups in total. The third kappa shape index (κ3) is 9.14. The molecule has 0 radical (unpaired) electrons. The Labute approximate surface area is 214 Å². The quantitative estimate of drug-likeness (QED) is 0.0947. The van der Waals surface area contributed by atoms with Crippen LogP contribution in [0.5, 0.6) is 0 Å². The SMILES string of the molecule is CC(=O)NC1C(O)CC(O)(C(=O)OCOC(=O)C(N)C(C)C)OC1C(O)C(O)COC(=O)C(N)C(C)C. The fourth-order valence-electron chi connectivity index (χ4n) is 3.28. The largest absolute Gasteiger partial charge is 0.462 e. The smallest absolute Gasteiger partial charge is 0.369 e. The highest BCUT2D eigenvalue weighted by Gasteiger charge is 2.54. The van der Waals surface area contributed by atoms with E-state index in [0.717, 1.165) is 6.92 Å². The summed E-state index contributed by atoms with van der Waals surface area (Å²) in [5.74, 6) is -7.26. The summed E-state index contributed by atoms with van der Waals surface area (Å²) >= 11 is 0. The van der Waals surface area contributed by atoms with Crippen molar-refractivity contribution in [2.75, 3.05) is 13.4 Å². The van der Waals surface area contributed by atoms with E-state index in [-0.39, 0.29) is 11.8 Å². The van der Waals surface area contributed by atoms with Crippen molar-refractivity contribution in [2.45, 2.75) is 89.4 Å². The van der Waals surface area contributed by atoms with Crippen LogP contribution in [0.1, 0.15) is 41.0 Å². The highest BCUT2D eigenvalue weighted by molar-refractivity contribution is 5.79. The molecule has 0 spiro atoms. The number of aliphatic hydroxyl groups is 4. The van der Waals surface area contributed by atoms with E-state index in [1.165, 1.54) is 0 Å². The van der Waals surface area contributed by atoms with Crippen LogP contribution in [0, 0.1) is 11.8 Å². The standard InChI is InChI=1S/C22H39N3O12/c1-9(2)14(23)19(30)34-7-13(28)17(29)18-16(25-11(5)26)12(27)6-22(33,37-18)21(32)36-8-35-20(31)15(24)10(3)4/h9-10,12-18,27-29,33H,6-8,23-24H2,1-5H3,(H,25,26).